The molecule has 0 amide bonds. The van der Waals surface area contributed by atoms with Gasteiger partial charge in [-0.25, -0.2) is 4.98 Å². The van der Waals surface area contributed by atoms with Crippen LogP contribution in [0.4, 0.5) is 5.69 Å². The Kier molecular flexibility index (Phi) is 3.47. The van der Waals surface area contributed by atoms with Crippen molar-refractivity contribution in [2.24, 2.45) is 0 Å². The molecular formula is C16H9N3O3S2. The molecule has 6 nitrogen and oxygen atoms in total. The molecule has 0 saturated carbocycles. The molecule has 0 aliphatic rings. The van der Waals surface area contributed by atoms with Gasteiger partial charge in [-0.15, -0.1) is 22.7 Å². The Labute approximate surface area is 143 Å². The number of nitro groups is 1. The first kappa shape index (κ1) is 14.7. The summed E-state index contributed by atoms with van der Waals surface area (Å²) >= 11 is 3.01. The molecule has 0 spiro atoms. The predicted octanol–water partition coefficient (Wildman–Crippen LogP) is 4.51. The Morgan fingerprint density at radius 2 is 2.08 bits per heavy atom. The summed E-state index contributed by atoms with van der Waals surface area (Å²) in [6, 6.07) is 10.1. The van der Waals surface area contributed by atoms with E-state index in [0.29, 0.717) is 21.9 Å². The smallest absolute Gasteiger partial charge is 0.270 e. The van der Waals surface area contributed by atoms with Crippen LogP contribution >= 0.6 is 22.7 Å². The molecule has 3 aromatic heterocycles. The number of thiazole rings is 1. The highest BCUT2D eigenvalue weighted by atomic mass is 32.1. The van der Waals surface area contributed by atoms with E-state index >= 15 is 0 Å². The monoisotopic (exact) mass is 355 g/mol. The summed E-state index contributed by atoms with van der Waals surface area (Å²) in [4.78, 5) is 28.5. The Balaban J connectivity index is 1.96. The second-order valence-electron chi connectivity index (χ2n) is 4.99. The predicted molar refractivity (Wildman–Crippen MR) is 93.9 cm³/mol. The molecule has 0 bridgehead atoms. The van der Waals surface area contributed by atoms with Crippen LogP contribution in [0.15, 0.2) is 47.2 Å². The Bertz CT molecular complexity index is 1060. The van der Waals surface area contributed by atoms with Gasteiger partial charge >= 0.3 is 0 Å². The fourth-order valence-corrected chi connectivity index (χ4v) is 4.27. The summed E-state index contributed by atoms with van der Waals surface area (Å²) < 4.78 is 1.80. The van der Waals surface area contributed by atoms with Gasteiger partial charge in [0.25, 0.3) is 5.69 Å². The average Bonchev–Trinajstić information content (AvgIpc) is 3.30. The highest BCUT2D eigenvalue weighted by molar-refractivity contribution is 7.17. The van der Waals surface area contributed by atoms with Crippen LogP contribution in [0.5, 0.6) is 0 Å². The van der Waals surface area contributed by atoms with Crippen LogP contribution in [0.3, 0.4) is 0 Å². The number of aromatic nitrogens is 2. The highest BCUT2D eigenvalue weighted by Crippen LogP contribution is 2.34. The Hall–Kier alpha value is -2.84. The largest absolute Gasteiger partial charge is 0.296 e. The second-order valence-corrected chi connectivity index (χ2v) is 6.77. The molecule has 3 heterocycles. The molecule has 0 aliphatic heterocycles. The lowest BCUT2D eigenvalue weighted by Gasteiger charge is -2.01. The van der Waals surface area contributed by atoms with E-state index in [1.54, 1.807) is 27.9 Å². The van der Waals surface area contributed by atoms with Crippen molar-refractivity contribution in [2.75, 3.05) is 0 Å². The van der Waals surface area contributed by atoms with Crippen molar-refractivity contribution in [1.29, 1.82) is 0 Å². The van der Waals surface area contributed by atoms with Crippen LogP contribution in [0.1, 0.15) is 10.5 Å². The van der Waals surface area contributed by atoms with Crippen molar-refractivity contribution in [3.63, 3.8) is 0 Å². The molecule has 0 atom stereocenters. The molecule has 1 aromatic carbocycles. The molecule has 0 fully saturated rings. The van der Waals surface area contributed by atoms with Gasteiger partial charge in [0.1, 0.15) is 11.4 Å². The standard InChI is InChI=1S/C16H9N3O3S2/c20-8-12-15(10-3-1-4-11(7-10)19(21)22)17-16-18(12)13(9-24-16)14-5-2-6-23-14/h1-9H. The van der Waals surface area contributed by atoms with E-state index in [1.807, 2.05) is 22.9 Å². The van der Waals surface area contributed by atoms with Crippen LogP contribution in [0, 0.1) is 10.1 Å². The normalized spacial score (nSPS) is 11.0. The summed E-state index contributed by atoms with van der Waals surface area (Å²) in [6.45, 7) is 0. The van der Waals surface area contributed by atoms with E-state index in [0.717, 1.165) is 16.9 Å². The zero-order valence-electron chi connectivity index (χ0n) is 12.1. The number of carbonyl (C=O) groups is 1. The fourth-order valence-electron chi connectivity index (χ4n) is 2.57. The quantitative estimate of drug-likeness (QED) is 0.306. The minimum absolute atomic E-state index is 0.0285. The number of imidazole rings is 1. The summed E-state index contributed by atoms with van der Waals surface area (Å²) in [6.07, 6.45) is 0.748. The van der Waals surface area contributed by atoms with Crippen molar-refractivity contribution in [2.45, 2.75) is 0 Å². The lowest BCUT2D eigenvalue weighted by molar-refractivity contribution is -0.384. The first-order valence-electron chi connectivity index (χ1n) is 6.93. The topological polar surface area (TPSA) is 77.5 Å². The zero-order chi connectivity index (χ0) is 16.7. The third kappa shape index (κ3) is 2.24. The summed E-state index contributed by atoms with van der Waals surface area (Å²) in [7, 11) is 0. The number of non-ortho nitro benzene ring substituents is 1. The van der Waals surface area contributed by atoms with Crippen LogP contribution in [0.2, 0.25) is 0 Å². The maximum absolute atomic E-state index is 11.7. The van der Waals surface area contributed by atoms with Crippen molar-refractivity contribution < 1.29 is 9.72 Å². The van der Waals surface area contributed by atoms with E-state index in [-0.39, 0.29) is 5.69 Å². The van der Waals surface area contributed by atoms with E-state index in [9.17, 15) is 14.9 Å². The maximum Gasteiger partial charge on any atom is 0.270 e. The lowest BCUT2D eigenvalue weighted by Crippen LogP contribution is -1.94. The van der Waals surface area contributed by atoms with Crippen LogP contribution < -0.4 is 0 Å². The number of hydrogen-bond donors (Lipinski definition) is 0. The zero-order valence-corrected chi connectivity index (χ0v) is 13.7. The third-order valence-corrected chi connectivity index (χ3v) is 5.33. The molecule has 0 radical (unpaired) electrons. The fraction of sp³-hybridized carbons (Fsp3) is 0. The number of nitro benzene ring substituents is 1. The maximum atomic E-state index is 11.7. The molecule has 0 saturated heterocycles. The summed E-state index contributed by atoms with van der Waals surface area (Å²) in [5.41, 5.74) is 2.28. The van der Waals surface area contributed by atoms with Crippen molar-refractivity contribution in [1.82, 2.24) is 9.38 Å². The van der Waals surface area contributed by atoms with Gasteiger partial charge in [0.05, 0.1) is 15.5 Å². The lowest BCUT2D eigenvalue weighted by atomic mass is 10.1. The minimum Gasteiger partial charge on any atom is -0.296 e. The van der Waals surface area contributed by atoms with E-state index in [1.165, 1.54) is 23.5 Å². The molecule has 4 aromatic rings. The number of nitrogens with zero attached hydrogens (tertiary/aromatic N) is 3. The van der Waals surface area contributed by atoms with Gasteiger partial charge in [0.15, 0.2) is 11.2 Å². The van der Waals surface area contributed by atoms with E-state index < -0.39 is 4.92 Å². The van der Waals surface area contributed by atoms with Gasteiger partial charge in [-0.1, -0.05) is 18.2 Å². The number of fused-ring (bicyclic) bond motifs is 1. The van der Waals surface area contributed by atoms with Gasteiger partial charge in [-0.05, 0) is 11.4 Å². The number of benzene rings is 1. The van der Waals surface area contributed by atoms with Gasteiger partial charge in [0.2, 0.25) is 0 Å². The number of rotatable bonds is 4. The SMILES string of the molecule is O=Cc1c(-c2cccc([N+](=O)[O-])c2)nc2scc(-c3cccs3)n12. The summed E-state index contributed by atoms with van der Waals surface area (Å²) in [5.74, 6) is 0. The Morgan fingerprint density at radius 3 is 2.79 bits per heavy atom. The van der Waals surface area contributed by atoms with Crippen molar-refractivity contribution in [3.8, 4) is 21.8 Å². The van der Waals surface area contributed by atoms with E-state index in [2.05, 4.69) is 4.98 Å². The molecule has 0 unspecified atom stereocenters. The van der Waals surface area contributed by atoms with Gasteiger partial charge in [-0.3, -0.25) is 19.3 Å². The Morgan fingerprint density at radius 1 is 1.21 bits per heavy atom. The molecule has 8 heteroatoms. The van der Waals surface area contributed by atoms with Crippen molar-refractivity contribution >= 4 is 39.6 Å². The molecule has 4 rings (SSSR count). The van der Waals surface area contributed by atoms with Crippen LogP contribution in [-0.2, 0) is 0 Å². The number of aldehydes is 1. The molecule has 118 valence electrons. The van der Waals surface area contributed by atoms with Crippen LogP contribution in [-0.4, -0.2) is 20.6 Å². The molecule has 0 aliphatic carbocycles. The number of hydrogen-bond acceptors (Lipinski definition) is 6. The average molecular weight is 355 g/mol. The highest BCUT2D eigenvalue weighted by Gasteiger charge is 2.20. The molecule has 0 N–H and O–H groups in total. The van der Waals surface area contributed by atoms with Crippen LogP contribution in [0.25, 0.3) is 26.8 Å². The first-order chi connectivity index (χ1) is 11.7. The summed E-state index contributed by atoms with van der Waals surface area (Å²) in [5, 5.41) is 14.9. The van der Waals surface area contributed by atoms with Crippen molar-refractivity contribution in [3.05, 3.63) is 63.0 Å². The second kappa shape index (κ2) is 5.66. The van der Waals surface area contributed by atoms with Gasteiger partial charge < -0.3 is 0 Å². The van der Waals surface area contributed by atoms with E-state index in [4.69, 9.17) is 0 Å². The van der Waals surface area contributed by atoms with Gasteiger partial charge in [-0.2, -0.15) is 0 Å². The van der Waals surface area contributed by atoms with Gasteiger partial charge in [0, 0.05) is 23.1 Å². The minimum atomic E-state index is -0.459. The number of carbonyl (C=O) groups excluding carboxylic acids is 1. The third-order valence-electron chi connectivity index (χ3n) is 3.61. The molecule has 24 heavy (non-hydrogen) atoms. The first-order valence-corrected chi connectivity index (χ1v) is 8.69. The molecular weight excluding hydrogens is 346 g/mol. The number of thiophene rings is 1.